The fourth-order valence-corrected chi connectivity index (χ4v) is 4.78. The number of nitrogens with zero attached hydrogens (tertiary/aromatic N) is 3. The van der Waals surface area contributed by atoms with Gasteiger partial charge in [-0.25, -0.2) is 8.42 Å². The molecule has 8 heteroatoms. The topological polar surface area (TPSA) is 92.5 Å². The first-order valence-corrected chi connectivity index (χ1v) is 8.03. The normalized spacial score (nSPS) is 20.4. The molecule has 7 nitrogen and oxygen atoms in total. The molecular weight excluding hydrogens is 282 g/mol. The van der Waals surface area contributed by atoms with Crippen molar-refractivity contribution in [3.8, 4) is 0 Å². The van der Waals surface area contributed by atoms with E-state index in [0.717, 1.165) is 4.31 Å². The zero-order valence-electron chi connectivity index (χ0n) is 11.8. The zero-order valence-corrected chi connectivity index (χ0v) is 12.6. The second kappa shape index (κ2) is 5.17. The SMILES string of the molecule is CCn1nc(C)c(S(=O)(=O)N2CCC[C@@H]2C(=O)O)c1C. The van der Waals surface area contributed by atoms with Crippen LogP contribution in [-0.4, -0.2) is 46.2 Å². The highest BCUT2D eigenvalue weighted by atomic mass is 32.2. The van der Waals surface area contributed by atoms with Gasteiger partial charge in [-0.05, 0) is 33.6 Å². The van der Waals surface area contributed by atoms with Gasteiger partial charge in [-0.1, -0.05) is 0 Å². The molecule has 0 saturated carbocycles. The number of aryl methyl sites for hydroxylation is 2. The van der Waals surface area contributed by atoms with Crippen LogP contribution in [0.3, 0.4) is 0 Å². The van der Waals surface area contributed by atoms with Crippen molar-refractivity contribution in [1.82, 2.24) is 14.1 Å². The Labute approximate surface area is 118 Å². The van der Waals surface area contributed by atoms with Crippen LogP contribution in [0, 0.1) is 13.8 Å². The molecule has 0 radical (unpaired) electrons. The monoisotopic (exact) mass is 301 g/mol. The number of aromatic nitrogens is 2. The summed E-state index contributed by atoms with van der Waals surface area (Å²) in [6, 6.07) is -0.969. The average Bonchev–Trinajstić information content (AvgIpc) is 2.94. The van der Waals surface area contributed by atoms with Gasteiger partial charge in [0.25, 0.3) is 0 Å². The largest absolute Gasteiger partial charge is 0.480 e. The van der Waals surface area contributed by atoms with Crippen LogP contribution < -0.4 is 0 Å². The van der Waals surface area contributed by atoms with Crippen molar-refractivity contribution in [1.29, 1.82) is 0 Å². The first kappa shape index (κ1) is 15.0. The van der Waals surface area contributed by atoms with Crippen LogP contribution in [-0.2, 0) is 21.4 Å². The molecule has 1 aliphatic rings. The Bertz CT molecular complexity index is 635. The fraction of sp³-hybridized carbons (Fsp3) is 0.667. The molecule has 1 atom stereocenters. The van der Waals surface area contributed by atoms with E-state index in [0.29, 0.717) is 30.8 Å². The molecule has 0 aromatic carbocycles. The lowest BCUT2D eigenvalue weighted by Crippen LogP contribution is -2.40. The minimum absolute atomic E-state index is 0.146. The van der Waals surface area contributed by atoms with E-state index >= 15 is 0 Å². The van der Waals surface area contributed by atoms with Gasteiger partial charge in [-0.3, -0.25) is 9.48 Å². The molecule has 0 aliphatic carbocycles. The summed E-state index contributed by atoms with van der Waals surface area (Å²) in [5.41, 5.74) is 0.974. The molecular formula is C12H19N3O4S. The second-order valence-electron chi connectivity index (χ2n) is 4.93. The number of hydrogen-bond acceptors (Lipinski definition) is 4. The van der Waals surface area contributed by atoms with Crippen molar-refractivity contribution in [2.75, 3.05) is 6.54 Å². The highest BCUT2D eigenvalue weighted by Crippen LogP contribution is 2.29. The molecule has 0 spiro atoms. The van der Waals surface area contributed by atoms with Crippen LogP contribution >= 0.6 is 0 Å². The number of rotatable bonds is 4. The Morgan fingerprint density at radius 1 is 1.45 bits per heavy atom. The number of carboxylic acids is 1. The third kappa shape index (κ3) is 2.22. The summed E-state index contributed by atoms with van der Waals surface area (Å²) in [6.45, 7) is 6.03. The Balaban J connectivity index is 2.51. The summed E-state index contributed by atoms with van der Waals surface area (Å²) in [6.07, 6.45) is 0.921. The van der Waals surface area contributed by atoms with Gasteiger partial charge >= 0.3 is 5.97 Å². The van der Waals surface area contributed by atoms with Gasteiger partial charge in [0.2, 0.25) is 10.0 Å². The average molecular weight is 301 g/mol. The van der Waals surface area contributed by atoms with Crippen molar-refractivity contribution < 1.29 is 18.3 Å². The van der Waals surface area contributed by atoms with Gasteiger partial charge < -0.3 is 5.11 Å². The van der Waals surface area contributed by atoms with Crippen molar-refractivity contribution in [3.63, 3.8) is 0 Å². The molecule has 1 aliphatic heterocycles. The van der Waals surface area contributed by atoms with Crippen LogP contribution in [0.2, 0.25) is 0 Å². The van der Waals surface area contributed by atoms with Crippen LogP contribution in [0.4, 0.5) is 0 Å². The number of aliphatic carboxylic acids is 1. The summed E-state index contributed by atoms with van der Waals surface area (Å²) >= 11 is 0. The van der Waals surface area contributed by atoms with Gasteiger partial charge in [0, 0.05) is 13.1 Å². The van der Waals surface area contributed by atoms with Gasteiger partial charge in [0.05, 0.1) is 11.4 Å². The number of carbonyl (C=O) groups is 1. The van der Waals surface area contributed by atoms with E-state index in [1.54, 1.807) is 18.5 Å². The Hall–Kier alpha value is -1.41. The van der Waals surface area contributed by atoms with Gasteiger partial charge in [0.15, 0.2) is 0 Å². The van der Waals surface area contributed by atoms with Gasteiger partial charge in [-0.15, -0.1) is 0 Å². The molecule has 1 aromatic heterocycles. The molecule has 1 saturated heterocycles. The predicted molar refractivity (Wildman–Crippen MR) is 71.9 cm³/mol. The van der Waals surface area contributed by atoms with E-state index in [2.05, 4.69) is 5.10 Å². The smallest absolute Gasteiger partial charge is 0.322 e. The molecule has 2 heterocycles. The van der Waals surface area contributed by atoms with Gasteiger partial charge in [0.1, 0.15) is 10.9 Å². The fourth-order valence-electron chi connectivity index (χ4n) is 2.75. The van der Waals surface area contributed by atoms with Crippen molar-refractivity contribution in [3.05, 3.63) is 11.4 Å². The maximum atomic E-state index is 12.7. The molecule has 0 amide bonds. The number of carboxylic acid groups (broad SMARTS) is 1. The van der Waals surface area contributed by atoms with Crippen LogP contribution in [0.25, 0.3) is 0 Å². The third-order valence-corrected chi connectivity index (χ3v) is 5.83. The Morgan fingerprint density at radius 2 is 2.10 bits per heavy atom. The predicted octanol–water partition coefficient (Wildman–Crippen LogP) is 0.758. The summed E-state index contributed by atoms with van der Waals surface area (Å²) in [7, 11) is -3.81. The summed E-state index contributed by atoms with van der Waals surface area (Å²) < 4.78 is 28.2. The molecule has 1 fully saturated rings. The summed E-state index contributed by atoms with van der Waals surface area (Å²) in [4.78, 5) is 11.3. The van der Waals surface area contributed by atoms with Crippen LogP contribution in [0.1, 0.15) is 31.2 Å². The second-order valence-corrected chi connectivity index (χ2v) is 6.76. The van der Waals surface area contributed by atoms with E-state index in [1.807, 2.05) is 6.92 Å². The summed E-state index contributed by atoms with van der Waals surface area (Å²) in [5, 5.41) is 13.4. The maximum absolute atomic E-state index is 12.7. The van der Waals surface area contributed by atoms with Crippen LogP contribution in [0.5, 0.6) is 0 Å². The zero-order chi connectivity index (χ0) is 15.1. The maximum Gasteiger partial charge on any atom is 0.322 e. The molecule has 0 unspecified atom stereocenters. The lowest BCUT2D eigenvalue weighted by molar-refractivity contribution is -0.140. The molecule has 1 N–H and O–H groups in total. The highest BCUT2D eigenvalue weighted by molar-refractivity contribution is 7.89. The minimum atomic E-state index is -3.81. The Morgan fingerprint density at radius 3 is 2.60 bits per heavy atom. The highest BCUT2D eigenvalue weighted by Gasteiger charge is 2.41. The first-order valence-electron chi connectivity index (χ1n) is 6.59. The van der Waals surface area contributed by atoms with Crippen molar-refractivity contribution in [2.45, 2.75) is 51.1 Å². The quantitative estimate of drug-likeness (QED) is 0.886. The molecule has 20 heavy (non-hydrogen) atoms. The molecule has 1 aromatic rings. The third-order valence-electron chi connectivity index (χ3n) is 3.67. The first-order chi connectivity index (χ1) is 9.30. The van der Waals surface area contributed by atoms with E-state index in [-0.39, 0.29) is 11.4 Å². The lowest BCUT2D eigenvalue weighted by atomic mass is 10.2. The number of sulfonamides is 1. The minimum Gasteiger partial charge on any atom is -0.480 e. The van der Waals surface area contributed by atoms with E-state index in [1.165, 1.54) is 0 Å². The van der Waals surface area contributed by atoms with Crippen molar-refractivity contribution in [2.24, 2.45) is 0 Å². The lowest BCUT2D eigenvalue weighted by Gasteiger charge is -2.21. The summed E-state index contributed by atoms with van der Waals surface area (Å²) in [5.74, 6) is -1.09. The van der Waals surface area contributed by atoms with E-state index in [4.69, 9.17) is 5.11 Å². The van der Waals surface area contributed by atoms with E-state index < -0.39 is 22.0 Å². The molecule has 112 valence electrons. The Kier molecular flexibility index (Phi) is 3.88. The van der Waals surface area contributed by atoms with Gasteiger partial charge in [-0.2, -0.15) is 9.40 Å². The molecule has 2 rings (SSSR count). The van der Waals surface area contributed by atoms with E-state index in [9.17, 15) is 13.2 Å². The molecule has 0 bridgehead atoms. The number of hydrogen-bond donors (Lipinski definition) is 1. The van der Waals surface area contributed by atoms with Crippen LogP contribution in [0.15, 0.2) is 4.90 Å². The standard InChI is InChI=1S/C12H19N3O4S/c1-4-14-9(3)11(8(2)13-14)20(18,19)15-7-5-6-10(15)12(16)17/h10H,4-7H2,1-3H3,(H,16,17)/t10-/m1/s1. The van der Waals surface area contributed by atoms with Crippen molar-refractivity contribution >= 4 is 16.0 Å².